The quantitative estimate of drug-likeness (QED) is 0.677. The predicted octanol–water partition coefficient (Wildman–Crippen LogP) is 3.63. The number of carbonyl (C=O) groups is 1. The lowest BCUT2D eigenvalue weighted by Crippen LogP contribution is -2.10. The van der Waals surface area contributed by atoms with E-state index in [1.807, 2.05) is 48.5 Å². The second-order valence-electron chi connectivity index (χ2n) is 5.31. The maximum absolute atomic E-state index is 12.8. The average Bonchev–Trinajstić information content (AvgIpc) is 2.69. The van der Waals surface area contributed by atoms with Gasteiger partial charge in [0.25, 0.3) is 0 Å². The third kappa shape index (κ3) is 2.25. The van der Waals surface area contributed by atoms with Crippen molar-refractivity contribution in [1.82, 2.24) is 0 Å². The number of esters is 1. The zero-order chi connectivity index (χ0) is 15.7. The van der Waals surface area contributed by atoms with Crippen molar-refractivity contribution >= 4 is 27.5 Å². The van der Waals surface area contributed by atoms with Crippen molar-refractivity contribution in [2.24, 2.45) is 0 Å². The van der Waals surface area contributed by atoms with Crippen molar-refractivity contribution < 1.29 is 9.53 Å². The Bertz CT molecular complexity index is 928. The van der Waals surface area contributed by atoms with Crippen LogP contribution in [0.3, 0.4) is 0 Å². The van der Waals surface area contributed by atoms with Crippen LogP contribution in [0, 0.1) is 0 Å². The van der Waals surface area contributed by atoms with E-state index in [4.69, 9.17) is 4.74 Å². The Morgan fingerprint density at radius 2 is 1.55 bits per heavy atom. The fraction of sp³-hybridized carbons (Fsp3) is 0.158. The number of hydrogen-bond donors (Lipinski definition) is 0. The Balaban J connectivity index is 2.52. The van der Waals surface area contributed by atoms with Crippen LogP contribution in [0.5, 0.6) is 0 Å². The molecule has 0 spiro atoms. The molecule has 0 fully saturated rings. The largest absolute Gasteiger partial charge is 0.469 e. The number of methoxy groups -OCH3 is 1. The Hall–Kier alpha value is -2.68. The first kappa shape index (κ1) is 14.3. The molecular formula is C19H16O3. The summed E-state index contributed by atoms with van der Waals surface area (Å²) in [6, 6.07) is 16.8. The second-order valence-corrected chi connectivity index (χ2v) is 5.31. The summed E-state index contributed by atoms with van der Waals surface area (Å²) in [6.45, 7) is 1.80. The van der Waals surface area contributed by atoms with E-state index in [2.05, 4.69) is 0 Å². The summed E-state index contributed by atoms with van der Waals surface area (Å²) < 4.78 is 4.87. The topological polar surface area (TPSA) is 43.4 Å². The Labute approximate surface area is 128 Å². The van der Waals surface area contributed by atoms with Gasteiger partial charge >= 0.3 is 5.97 Å². The van der Waals surface area contributed by atoms with Gasteiger partial charge in [0.15, 0.2) is 5.43 Å². The molecule has 1 unspecified atom stereocenters. The highest BCUT2D eigenvalue weighted by atomic mass is 16.5. The number of ether oxygens (including phenoxy) is 1. The molecule has 3 rings (SSSR count). The molecule has 0 N–H and O–H groups in total. The molecule has 0 aliphatic heterocycles. The standard InChI is InChI=1S/C19H16O3/c1-12(19(21)22-2)17-11-13-7-3-4-8-14(13)18(20)16-10-6-5-9-15(16)17/h3-12H,1-2H3. The Kier molecular flexibility index (Phi) is 3.63. The number of rotatable bonds is 2. The van der Waals surface area contributed by atoms with Gasteiger partial charge in [0.2, 0.25) is 0 Å². The van der Waals surface area contributed by atoms with Crippen LogP contribution in [0.15, 0.2) is 59.4 Å². The molecule has 3 heteroatoms. The van der Waals surface area contributed by atoms with Crippen LogP contribution < -0.4 is 5.43 Å². The number of fused-ring (bicyclic) bond motifs is 2. The van der Waals surface area contributed by atoms with Gasteiger partial charge in [-0.3, -0.25) is 9.59 Å². The molecule has 0 aliphatic carbocycles. The van der Waals surface area contributed by atoms with Crippen LogP contribution in [0.4, 0.5) is 0 Å². The van der Waals surface area contributed by atoms with E-state index in [-0.39, 0.29) is 11.4 Å². The zero-order valence-corrected chi connectivity index (χ0v) is 12.5. The monoisotopic (exact) mass is 292 g/mol. The minimum absolute atomic E-state index is 0.0190. The average molecular weight is 292 g/mol. The van der Waals surface area contributed by atoms with Crippen molar-refractivity contribution in [3.63, 3.8) is 0 Å². The van der Waals surface area contributed by atoms with Crippen molar-refractivity contribution in [1.29, 1.82) is 0 Å². The second kappa shape index (κ2) is 5.60. The van der Waals surface area contributed by atoms with E-state index in [9.17, 15) is 9.59 Å². The number of hydrogen-bond acceptors (Lipinski definition) is 3. The highest BCUT2D eigenvalue weighted by Crippen LogP contribution is 2.27. The lowest BCUT2D eigenvalue weighted by atomic mass is 9.97. The minimum atomic E-state index is -0.440. The van der Waals surface area contributed by atoms with Crippen molar-refractivity contribution in [2.45, 2.75) is 12.8 Å². The zero-order valence-electron chi connectivity index (χ0n) is 12.5. The fourth-order valence-corrected chi connectivity index (χ4v) is 2.81. The molecule has 0 aliphatic rings. The van der Waals surface area contributed by atoms with E-state index >= 15 is 0 Å². The molecule has 0 radical (unpaired) electrons. The summed E-state index contributed by atoms with van der Waals surface area (Å²) in [7, 11) is 1.38. The van der Waals surface area contributed by atoms with E-state index in [1.165, 1.54) is 7.11 Å². The summed E-state index contributed by atoms with van der Waals surface area (Å²) in [5.74, 6) is -0.752. The van der Waals surface area contributed by atoms with E-state index in [0.717, 1.165) is 16.3 Å². The summed E-state index contributed by atoms with van der Waals surface area (Å²) in [6.07, 6.45) is 0. The van der Waals surface area contributed by atoms with Gasteiger partial charge in [-0.25, -0.2) is 0 Å². The fourth-order valence-electron chi connectivity index (χ4n) is 2.81. The molecule has 0 heterocycles. The van der Waals surface area contributed by atoms with E-state index in [0.29, 0.717) is 10.8 Å². The first-order valence-corrected chi connectivity index (χ1v) is 7.16. The SMILES string of the molecule is COC(=O)C(C)c1cc2ccccc2c(=O)c2ccccc12. The molecule has 0 aromatic heterocycles. The third-order valence-electron chi connectivity index (χ3n) is 4.02. The van der Waals surface area contributed by atoms with Gasteiger partial charge in [-0.1, -0.05) is 48.5 Å². The van der Waals surface area contributed by atoms with Gasteiger partial charge in [-0.2, -0.15) is 0 Å². The first-order chi connectivity index (χ1) is 10.6. The Morgan fingerprint density at radius 1 is 0.955 bits per heavy atom. The summed E-state index contributed by atoms with van der Waals surface area (Å²) in [4.78, 5) is 24.8. The molecule has 22 heavy (non-hydrogen) atoms. The van der Waals surface area contributed by atoms with Gasteiger partial charge in [0.1, 0.15) is 0 Å². The van der Waals surface area contributed by atoms with Gasteiger partial charge in [0, 0.05) is 10.8 Å². The summed E-state index contributed by atoms with van der Waals surface area (Å²) >= 11 is 0. The summed E-state index contributed by atoms with van der Waals surface area (Å²) in [5, 5.41) is 2.90. The van der Waals surface area contributed by atoms with Crippen molar-refractivity contribution in [3.8, 4) is 0 Å². The van der Waals surface area contributed by atoms with Crippen LogP contribution >= 0.6 is 0 Å². The molecule has 110 valence electrons. The van der Waals surface area contributed by atoms with E-state index < -0.39 is 5.92 Å². The highest BCUT2D eigenvalue weighted by Gasteiger charge is 2.19. The van der Waals surface area contributed by atoms with Crippen molar-refractivity contribution in [3.05, 3.63) is 70.4 Å². The lowest BCUT2D eigenvalue weighted by molar-refractivity contribution is -0.141. The van der Waals surface area contributed by atoms with Crippen LogP contribution in [-0.2, 0) is 9.53 Å². The highest BCUT2D eigenvalue weighted by molar-refractivity contribution is 5.97. The number of carbonyl (C=O) groups excluding carboxylic acids is 1. The van der Waals surface area contributed by atoms with Gasteiger partial charge < -0.3 is 4.74 Å². The third-order valence-corrected chi connectivity index (χ3v) is 4.02. The van der Waals surface area contributed by atoms with Gasteiger partial charge in [-0.05, 0) is 29.3 Å². The molecule has 0 bridgehead atoms. The molecule has 3 aromatic rings. The van der Waals surface area contributed by atoms with Gasteiger partial charge in [-0.15, -0.1) is 0 Å². The molecule has 3 aromatic carbocycles. The molecule has 0 amide bonds. The normalized spacial score (nSPS) is 12.3. The molecular weight excluding hydrogens is 276 g/mol. The maximum atomic E-state index is 12.8. The van der Waals surface area contributed by atoms with Crippen LogP contribution in [-0.4, -0.2) is 13.1 Å². The smallest absolute Gasteiger partial charge is 0.312 e. The minimum Gasteiger partial charge on any atom is -0.469 e. The van der Waals surface area contributed by atoms with Crippen molar-refractivity contribution in [2.75, 3.05) is 7.11 Å². The predicted molar refractivity (Wildman–Crippen MR) is 88.2 cm³/mol. The van der Waals surface area contributed by atoms with Crippen LogP contribution in [0.2, 0.25) is 0 Å². The first-order valence-electron chi connectivity index (χ1n) is 7.16. The van der Waals surface area contributed by atoms with E-state index in [1.54, 1.807) is 13.0 Å². The lowest BCUT2D eigenvalue weighted by Gasteiger charge is -2.10. The molecule has 0 saturated carbocycles. The summed E-state index contributed by atoms with van der Waals surface area (Å²) in [5.41, 5.74) is 0.787. The molecule has 3 nitrogen and oxygen atoms in total. The van der Waals surface area contributed by atoms with Crippen LogP contribution in [0.1, 0.15) is 18.4 Å². The number of benzene rings is 2. The molecule has 0 saturated heterocycles. The Morgan fingerprint density at radius 3 is 2.23 bits per heavy atom. The maximum Gasteiger partial charge on any atom is 0.312 e. The van der Waals surface area contributed by atoms with Crippen LogP contribution in [0.25, 0.3) is 21.5 Å². The molecule has 1 atom stereocenters. The van der Waals surface area contributed by atoms with Gasteiger partial charge in [0.05, 0.1) is 13.0 Å².